The maximum Gasteiger partial charge on any atom is 0.235 e. The van der Waals surface area contributed by atoms with Crippen LogP contribution in [0, 0.1) is 0 Å². The molecule has 36 heavy (non-hydrogen) atoms. The Bertz CT molecular complexity index is 1380. The second kappa shape index (κ2) is 8.87. The highest BCUT2D eigenvalue weighted by molar-refractivity contribution is 6.17. The van der Waals surface area contributed by atoms with Crippen LogP contribution in [0.5, 0.6) is 23.0 Å². The Balaban J connectivity index is 1.43. The monoisotopic (exact) mass is 489 g/mol. The van der Waals surface area contributed by atoms with Gasteiger partial charge in [-0.05, 0) is 50.1 Å². The number of carbonyl (C=O) groups is 1. The number of phenols is 2. The first-order valence-electron chi connectivity index (χ1n) is 12.5. The van der Waals surface area contributed by atoms with Crippen molar-refractivity contribution in [2.24, 2.45) is 0 Å². The van der Waals surface area contributed by atoms with E-state index in [4.69, 9.17) is 9.47 Å². The van der Waals surface area contributed by atoms with Crippen LogP contribution in [0.25, 0.3) is 17.0 Å². The quantitative estimate of drug-likeness (QED) is 0.509. The molecule has 0 atom stereocenters. The van der Waals surface area contributed by atoms with Gasteiger partial charge in [-0.3, -0.25) is 9.69 Å². The standard InChI is InChI=1S/C28H31N3O5/c1-29-7-9-30(10-8-29)11-12-31-22-6-5-19(35-2)15-20(22)21(27(31)17-3-4-17)16-25-28(34)26-23(33)13-18(32)14-24(26)36-25/h5-6,13-17,32-33H,3-4,7-12H2,1-2H3/b25-16-. The Morgan fingerprint density at radius 1 is 1.08 bits per heavy atom. The van der Waals surface area contributed by atoms with Gasteiger partial charge in [0.05, 0.1) is 7.11 Å². The summed E-state index contributed by atoms with van der Waals surface area (Å²) in [6, 6.07) is 8.62. The van der Waals surface area contributed by atoms with Crippen molar-refractivity contribution in [3.63, 3.8) is 0 Å². The predicted octanol–water partition coefficient (Wildman–Crippen LogP) is 3.80. The van der Waals surface area contributed by atoms with E-state index in [1.807, 2.05) is 12.1 Å². The average molecular weight is 490 g/mol. The molecule has 8 heteroatoms. The van der Waals surface area contributed by atoms with Crippen LogP contribution in [0.3, 0.4) is 0 Å². The summed E-state index contributed by atoms with van der Waals surface area (Å²) in [6.45, 7) is 6.13. The zero-order valence-corrected chi connectivity index (χ0v) is 20.7. The third-order valence-electron chi connectivity index (χ3n) is 7.56. The molecule has 0 radical (unpaired) electrons. The smallest absolute Gasteiger partial charge is 0.235 e. The summed E-state index contributed by atoms with van der Waals surface area (Å²) in [5, 5.41) is 21.1. The van der Waals surface area contributed by atoms with Crippen LogP contribution in [0.1, 0.15) is 40.4 Å². The number of ketones is 1. The van der Waals surface area contributed by atoms with E-state index in [9.17, 15) is 15.0 Å². The maximum absolute atomic E-state index is 13.2. The van der Waals surface area contributed by atoms with E-state index < -0.39 is 0 Å². The molecule has 0 bridgehead atoms. The molecule has 0 spiro atoms. The van der Waals surface area contributed by atoms with Crippen LogP contribution >= 0.6 is 0 Å². The number of rotatable bonds is 6. The van der Waals surface area contributed by atoms with Crippen LogP contribution in [0.15, 0.2) is 36.1 Å². The molecule has 0 unspecified atom stereocenters. The highest BCUT2D eigenvalue weighted by Gasteiger charge is 2.35. The number of carbonyl (C=O) groups excluding carboxylic acids is 1. The summed E-state index contributed by atoms with van der Waals surface area (Å²) in [6.07, 6.45) is 4.03. The number of nitrogens with zero attached hydrogens (tertiary/aromatic N) is 3. The Morgan fingerprint density at radius 3 is 2.58 bits per heavy atom. The van der Waals surface area contributed by atoms with E-state index in [1.54, 1.807) is 13.2 Å². The number of aromatic nitrogens is 1. The van der Waals surface area contributed by atoms with Gasteiger partial charge in [0.2, 0.25) is 5.78 Å². The molecule has 8 nitrogen and oxygen atoms in total. The highest BCUT2D eigenvalue weighted by Crippen LogP contribution is 2.47. The molecule has 3 aromatic rings. The topological polar surface area (TPSA) is 87.4 Å². The summed E-state index contributed by atoms with van der Waals surface area (Å²) in [7, 11) is 3.82. The van der Waals surface area contributed by atoms with Gasteiger partial charge in [-0.2, -0.15) is 0 Å². The van der Waals surface area contributed by atoms with Crippen LogP contribution in [-0.2, 0) is 6.54 Å². The first-order chi connectivity index (χ1) is 17.4. The van der Waals surface area contributed by atoms with Crippen molar-refractivity contribution in [1.82, 2.24) is 14.4 Å². The zero-order valence-electron chi connectivity index (χ0n) is 20.7. The van der Waals surface area contributed by atoms with E-state index in [1.165, 1.54) is 11.8 Å². The van der Waals surface area contributed by atoms with Crippen molar-refractivity contribution in [3.05, 3.63) is 52.9 Å². The minimum atomic E-state index is -0.384. The summed E-state index contributed by atoms with van der Waals surface area (Å²) in [5.74, 6) is 0.693. The molecule has 1 saturated carbocycles. The molecule has 2 aliphatic heterocycles. The van der Waals surface area contributed by atoms with Gasteiger partial charge in [0.25, 0.3) is 0 Å². The van der Waals surface area contributed by atoms with E-state index in [-0.39, 0.29) is 34.4 Å². The number of fused-ring (bicyclic) bond motifs is 2. The van der Waals surface area contributed by atoms with Gasteiger partial charge in [0.1, 0.15) is 28.6 Å². The summed E-state index contributed by atoms with van der Waals surface area (Å²) < 4.78 is 13.8. The molecular weight excluding hydrogens is 458 g/mol. The second-order valence-electron chi connectivity index (χ2n) is 10.0. The van der Waals surface area contributed by atoms with Crippen LogP contribution < -0.4 is 9.47 Å². The molecule has 2 aromatic carbocycles. The third kappa shape index (κ3) is 4.00. The van der Waals surface area contributed by atoms with Crippen molar-refractivity contribution in [2.75, 3.05) is 46.9 Å². The number of ether oxygens (including phenoxy) is 2. The molecule has 3 heterocycles. The minimum Gasteiger partial charge on any atom is -0.508 e. The van der Waals surface area contributed by atoms with E-state index >= 15 is 0 Å². The van der Waals surface area contributed by atoms with Gasteiger partial charge in [0, 0.05) is 73.6 Å². The van der Waals surface area contributed by atoms with Crippen molar-refractivity contribution in [1.29, 1.82) is 0 Å². The SMILES string of the molecule is COc1ccc2c(c1)c(/C=C1\Oc3cc(O)cc(O)c3C1=O)c(C1CC1)n2CCN1CCN(C)CC1. The van der Waals surface area contributed by atoms with Gasteiger partial charge in [0.15, 0.2) is 5.76 Å². The van der Waals surface area contributed by atoms with Crippen molar-refractivity contribution in [3.8, 4) is 23.0 Å². The lowest BCUT2D eigenvalue weighted by Gasteiger charge is -2.32. The molecule has 6 rings (SSSR count). The number of likely N-dealkylation sites (N-methyl/N-ethyl adjacent to an activating group) is 1. The molecule has 3 aliphatic rings. The number of aromatic hydroxyl groups is 2. The number of piperazine rings is 1. The Kier molecular flexibility index (Phi) is 5.65. The predicted molar refractivity (Wildman–Crippen MR) is 137 cm³/mol. The van der Waals surface area contributed by atoms with Gasteiger partial charge in [-0.1, -0.05) is 0 Å². The number of hydrogen-bond acceptors (Lipinski definition) is 7. The van der Waals surface area contributed by atoms with Gasteiger partial charge < -0.3 is 29.2 Å². The van der Waals surface area contributed by atoms with Crippen molar-refractivity contribution >= 4 is 22.8 Å². The van der Waals surface area contributed by atoms with Crippen LogP contribution in [0.4, 0.5) is 0 Å². The lowest BCUT2D eigenvalue weighted by atomic mass is 10.0. The summed E-state index contributed by atoms with van der Waals surface area (Å²) in [5.41, 5.74) is 3.38. The highest BCUT2D eigenvalue weighted by atomic mass is 16.5. The number of phenolic OH excluding ortho intramolecular Hbond substituents is 2. The Morgan fingerprint density at radius 2 is 1.86 bits per heavy atom. The lowest BCUT2D eigenvalue weighted by molar-refractivity contribution is 0.101. The first kappa shape index (κ1) is 22.9. The molecule has 1 aliphatic carbocycles. The summed E-state index contributed by atoms with van der Waals surface area (Å²) >= 11 is 0. The number of allylic oxidation sites excluding steroid dienone is 1. The number of methoxy groups -OCH3 is 1. The van der Waals surface area contributed by atoms with Crippen LogP contribution in [0.2, 0.25) is 0 Å². The molecular formula is C28H31N3O5. The Hall–Kier alpha value is -3.49. The third-order valence-corrected chi connectivity index (χ3v) is 7.56. The number of benzene rings is 2. The fourth-order valence-electron chi connectivity index (χ4n) is 5.42. The average Bonchev–Trinajstić information content (AvgIpc) is 3.59. The largest absolute Gasteiger partial charge is 0.508 e. The zero-order chi connectivity index (χ0) is 25.0. The number of Topliss-reactive ketones (excluding diaryl/α,β-unsaturated/α-hetero) is 1. The normalized spacial score (nSPS) is 19.7. The molecule has 188 valence electrons. The van der Waals surface area contributed by atoms with E-state index in [0.29, 0.717) is 5.92 Å². The van der Waals surface area contributed by atoms with E-state index in [2.05, 4.69) is 27.5 Å². The van der Waals surface area contributed by atoms with Crippen LogP contribution in [-0.4, -0.2) is 77.2 Å². The van der Waals surface area contributed by atoms with Crippen molar-refractivity contribution < 1.29 is 24.5 Å². The summed E-state index contributed by atoms with van der Waals surface area (Å²) in [4.78, 5) is 18.1. The first-order valence-corrected chi connectivity index (χ1v) is 12.5. The molecule has 1 aromatic heterocycles. The molecule has 2 fully saturated rings. The second-order valence-corrected chi connectivity index (χ2v) is 10.0. The van der Waals surface area contributed by atoms with Gasteiger partial charge in [-0.15, -0.1) is 0 Å². The van der Waals surface area contributed by atoms with Gasteiger partial charge in [-0.25, -0.2) is 0 Å². The van der Waals surface area contributed by atoms with Gasteiger partial charge >= 0.3 is 0 Å². The molecule has 0 amide bonds. The lowest BCUT2D eigenvalue weighted by Crippen LogP contribution is -2.45. The number of hydrogen-bond donors (Lipinski definition) is 2. The maximum atomic E-state index is 13.2. The van der Waals surface area contributed by atoms with E-state index in [0.717, 1.165) is 80.4 Å². The minimum absolute atomic E-state index is 0.0865. The Labute approximate surface area is 209 Å². The molecule has 1 saturated heterocycles. The van der Waals surface area contributed by atoms with Crippen molar-refractivity contribution in [2.45, 2.75) is 25.3 Å². The molecule has 2 N–H and O–H groups in total. The fourth-order valence-corrected chi connectivity index (χ4v) is 5.42. The fraction of sp³-hybridized carbons (Fsp3) is 0.393.